The van der Waals surface area contributed by atoms with Crippen LogP contribution in [0.25, 0.3) is 11.1 Å². The Morgan fingerprint density at radius 3 is 2.34 bits per heavy atom. The fourth-order valence-corrected chi connectivity index (χ4v) is 4.54. The number of allylic oxidation sites excluding steroid dienone is 2. The maximum absolute atomic E-state index is 13.3. The molecule has 2 N–H and O–H groups in total. The number of amides is 1. The van der Waals surface area contributed by atoms with Gasteiger partial charge >= 0.3 is 11.9 Å². The summed E-state index contributed by atoms with van der Waals surface area (Å²) in [5.41, 5.74) is 1.34. The van der Waals surface area contributed by atoms with Crippen LogP contribution in [0.1, 0.15) is 28.1 Å². The van der Waals surface area contributed by atoms with Crippen molar-refractivity contribution >= 4 is 34.2 Å². The highest BCUT2D eigenvalue weighted by Gasteiger charge is 2.35. The number of esters is 1. The van der Waals surface area contributed by atoms with Gasteiger partial charge in [-0.1, -0.05) is 24.3 Å². The summed E-state index contributed by atoms with van der Waals surface area (Å²) < 4.78 is 18.2. The van der Waals surface area contributed by atoms with E-state index < -0.39 is 35.5 Å². The number of thiophene rings is 1. The zero-order chi connectivity index (χ0) is 21.1. The number of ether oxygens (including phenoxy) is 1. The van der Waals surface area contributed by atoms with Gasteiger partial charge in [0.05, 0.1) is 18.9 Å². The van der Waals surface area contributed by atoms with Gasteiger partial charge in [0.2, 0.25) is 5.91 Å². The van der Waals surface area contributed by atoms with Crippen LogP contribution >= 0.6 is 11.3 Å². The van der Waals surface area contributed by atoms with E-state index >= 15 is 0 Å². The molecule has 0 saturated heterocycles. The number of nitrogens with one attached hydrogen (secondary N) is 1. The maximum atomic E-state index is 13.3. The fraction of sp³-hybridized carbons (Fsp3) is 0.286. The van der Waals surface area contributed by atoms with Crippen molar-refractivity contribution in [2.75, 3.05) is 12.4 Å². The predicted molar refractivity (Wildman–Crippen MR) is 107 cm³/mol. The monoisotopic (exact) mass is 417 g/mol. The molecule has 152 valence electrons. The Kier molecular flexibility index (Phi) is 6.12. The minimum atomic E-state index is -1.03. The first kappa shape index (κ1) is 20.7. The van der Waals surface area contributed by atoms with Gasteiger partial charge in [-0.3, -0.25) is 9.59 Å². The van der Waals surface area contributed by atoms with E-state index in [2.05, 4.69) is 5.32 Å². The van der Waals surface area contributed by atoms with Crippen LogP contribution < -0.4 is 5.32 Å². The van der Waals surface area contributed by atoms with Crippen molar-refractivity contribution in [2.45, 2.75) is 19.8 Å². The molecule has 0 spiro atoms. The molecule has 3 rings (SSSR count). The van der Waals surface area contributed by atoms with Crippen molar-refractivity contribution in [3.63, 3.8) is 0 Å². The van der Waals surface area contributed by atoms with Gasteiger partial charge in [-0.05, 0) is 37.5 Å². The number of aryl methyl sites for hydroxylation is 1. The number of carbonyl (C=O) groups is 3. The molecule has 0 unspecified atom stereocenters. The molecule has 1 aromatic carbocycles. The maximum Gasteiger partial charge on any atom is 0.341 e. The molecule has 8 heteroatoms. The first-order valence-electron chi connectivity index (χ1n) is 8.99. The quantitative estimate of drug-likeness (QED) is 0.560. The molecule has 2 aromatic rings. The van der Waals surface area contributed by atoms with Crippen LogP contribution in [0.5, 0.6) is 0 Å². The summed E-state index contributed by atoms with van der Waals surface area (Å²) in [6, 6.07) is 5.68. The number of benzene rings is 1. The van der Waals surface area contributed by atoms with Crippen molar-refractivity contribution in [1.29, 1.82) is 0 Å². The Morgan fingerprint density at radius 2 is 1.76 bits per heavy atom. The predicted octanol–water partition coefficient (Wildman–Crippen LogP) is 4.25. The van der Waals surface area contributed by atoms with E-state index in [0.29, 0.717) is 17.5 Å². The van der Waals surface area contributed by atoms with Crippen LogP contribution in [0.2, 0.25) is 0 Å². The van der Waals surface area contributed by atoms with Crippen LogP contribution in [-0.4, -0.2) is 30.1 Å². The summed E-state index contributed by atoms with van der Waals surface area (Å²) in [6.07, 6.45) is 4.13. The number of anilines is 1. The highest BCUT2D eigenvalue weighted by Crippen LogP contribution is 2.41. The van der Waals surface area contributed by atoms with Gasteiger partial charge in [0.25, 0.3) is 0 Å². The van der Waals surface area contributed by atoms with Crippen molar-refractivity contribution in [1.82, 2.24) is 0 Å². The molecule has 0 fully saturated rings. The number of hydrogen-bond acceptors (Lipinski definition) is 5. The van der Waals surface area contributed by atoms with Gasteiger partial charge in [0, 0.05) is 10.4 Å². The van der Waals surface area contributed by atoms with Crippen molar-refractivity contribution < 1.29 is 28.6 Å². The van der Waals surface area contributed by atoms with Crippen LogP contribution in [0.3, 0.4) is 0 Å². The van der Waals surface area contributed by atoms with Gasteiger partial charge in [0.1, 0.15) is 16.4 Å². The Hall–Kier alpha value is -3.00. The summed E-state index contributed by atoms with van der Waals surface area (Å²) in [4.78, 5) is 37.6. The fourth-order valence-electron chi connectivity index (χ4n) is 3.48. The molecule has 0 saturated carbocycles. The molecular formula is C21H20FNO5S. The zero-order valence-electron chi connectivity index (χ0n) is 15.9. The third-order valence-corrected chi connectivity index (χ3v) is 5.95. The van der Waals surface area contributed by atoms with Gasteiger partial charge in [-0.2, -0.15) is 0 Å². The number of aliphatic carboxylic acids is 1. The Balaban J connectivity index is 1.99. The Labute approximate surface area is 171 Å². The molecule has 1 aliphatic carbocycles. The van der Waals surface area contributed by atoms with Crippen molar-refractivity contribution in [2.24, 2.45) is 11.8 Å². The first-order chi connectivity index (χ1) is 13.8. The molecule has 1 aliphatic rings. The average Bonchev–Trinajstić information content (AvgIpc) is 3.03. The SMILES string of the molecule is COC(=O)c1c(NC(=O)[C@H]2CC=CC[C@H]2C(=O)O)sc(C)c1-c1ccc(F)cc1. The lowest BCUT2D eigenvalue weighted by atomic mass is 9.82. The summed E-state index contributed by atoms with van der Waals surface area (Å²) in [6.45, 7) is 1.79. The van der Waals surface area contributed by atoms with E-state index in [1.165, 1.54) is 30.6 Å². The largest absolute Gasteiger partial charge is 0.481 e. The van der Waals surface area contributed by atoms with Gasteiger partial charge in [0.15, 0.2) is 0 Å². The standard InChI is InChI=1S/C21H20FNO5S/c1-11-16(12-7-9-13(22)10-8-12)17(21(27)28-2)19(29-11)23-18(24)14-5-3-4-6-15(14)20(25)26/h3-4,7-10,14-15H,5-6H2,1-2H3,(H,23,24)(H,25,26)/t14-,15+/m0/s1. The van der Waals surface area contributed by atoms with Crippen LogP contribution in [0.4, 0.5) is 9.39 Å². The molecule has 6 nitrogen and oxygen atoms in total. The van der Waals surface area contributed by atoms with Crippen molar-refractivity contribution in [3.05, 3.63) is 52.7 Å². The Bertz CT molecular complexity index is 980. The second-order valence-electron chi connectivity index (χ2n) is 6.72. The van der Waals surface area contributed by atoms with Gasteiger partial charge in [-0.25, -0.2) is 9.18 Å². The topological polar surface area (TPSA) is 92.7 Å². The molecule has 29 heavy (non-hydrogen) atoms. The summed E-state index contributed by atoms with van der Waals surface area (Å²) in [5.74, 6) is -4.09. The van der Waals surface area contributed by atoms with Gasteiger partial charge in [-0.15, -0.1) is 11.3 Å². The van der Waals surface area contributed by atoms with E-state index in [-0.39, 0.29) is 17.0 Å². The van der Waals surface area contributed by atoms with E-state index in [1.807, 2.05) is 0 Å². The number of methoxy groups -OCH3 is 1. The molecule has 0 bridgehead atoms. The number of carboxylic acid groups (broad SMARTS) is 1. The molecule has 1 heterocycles. The van der Waals surface area contributed by atoms with E-state index in [4.69, 9.17) is 4.74 Å². The van der Waals surface area contributed by atoms with Crippen LogP contribution in [-0.2, 0) is 14.3 Å². The summed E-state index contributed by atoms with van der Waals surface area (Å²) in [7, 11) is 1.24. The molecule has 0 radical (unpaired) electrons. The highest BCUT2D eigenvalue weighted by atomic mass is 32.1. The smallest absolute Gasteiger partial charge is 0.341 e. The lowest BCUT2D eigenvalue weighted by Crippen LogP contribution is -2.34. The zero-order valence-corrected chi connectivity index (χ0v) is 16.7. The van der Waals surface area contributed by atoms with Crippen LogP contribution in [0, 0.1) is 24.6 Å². The van der Waals surface area contributed by atoms with Crippen molar-refractivity contribution in [3.8, 4) is 11.1 Å². The van der Waals surface area contributed by atoms with E-state index in [0.717, 1.165) is 4.88 Å². The average molecular weight is 417 g/mol. The number of hydrogen-bond donors (Lipinski definition) is 2. The number of carboxylic acids is 1. The summed E-state index contributed by atoms with van der Waals surface area (Å²) in [5, 5.41) is 12.4. The molecular weight excluding hydrogens is 397 g/mol. The molecule has 2 atom stereocenters. The molecule has 1 amide bonds. The second kappa shape index (κ2) is 8.57. The third kappa shape index (κ3) is 4.22. The highest BCUT2D eigenvalue weighted by molar-refractivity contribution is 7.17. The second-order valence-corrected chi connectivity index (χ2v) is 7.94. The lowest BCUT2D eigenvalue weighted by Gasteiger charge is -2.24. The minimum Gasteiger partial charge on any atom is -0.481 e. The van der Waals surface area contributed by atoms with Gasteiger partial charge < -0.3 is 15.2 Å². The third-order valence-electron chi connectivity index (χ3n) is 4.93. The summed E-state index contributed by atoms with van der Waals surface area (Å²) >= 11 is 1.19. The lowest BCUT2D eigenvalue weighted by molar-refractivity contribution is -0.146. The van der Waals surface area contributed by atoms with E-state index in [9.17, 15) is 23.9 Å². The van der Waals surface area contributed by atoms with E-state index in [1.54, 1.807) is 31.2 Å². The molecule has 1 aromatic heterocycles. The first-order valence-corrected chi connectivity index (χ1v) is 9.81. The normalized spacial score (nSPS) is 18.3. The number of rotatable bonds is 5. The Morgan fingerprint density at radius 1 is 1.14 bits per heavy atom. The van der Waals surface area contributed by atoms with Crippen LogP contribution in [0.15, 0.2) is 36.4 Å². The number of carbonyl (C=O) groups excluding carboxylic acids is 2. The molecule has 0 aliphatic heterocycles. The number of halogens is 1. The minimum absolute atomic E-state index is 0.174.